The molecule has 0 atom stereocenters. The fraction of sp³-hybridized carbons (Fsp3) is 0.0857. The molecular formula is C35H26N2. The smallest absolute Gasteiger partial charge is 0.160 e. The van der Waals surface area contributed by atoms with Gasteiger partial charge in [-0.2, -0.15) is 0 Å². The van der Waals surface area contributed by atoms with Crippen molar-refractivity contribution in [3.63, 3.8) is 0 Å². The third-order valence-corrected chi connectivity index (χ3v) is 7.65. The summed E-state index contributed by atoms with van der Waals surface area (Å²) in [6, 6.07) is 42.8. The van der Waals surface area contributed by atoms with Crippen molar-refractivity contribution in [3.8, 4) is 44.9 Å². The van der Waals surface area contributed by atoms with Crippen LogP contribution in [0.25, 0.3) is 55.7 Å². The summed E-state index contributed by atoms with van der Waals surface area (Å²) in [6.07, 6.45) is 0. The van der Waals surface area contributed by atoms with Crippen LogP contribution in [0.3, 0.4) is 0 Å². The molecule has 0 amide bonds. The van der Waals surface area contributed by atoms with Crippen LogP contribution in [-0.4, -0.2) is 9.97 Å². The summed E-state index contributed by atoms with van der Waals surface area (Å²) in [5.74, 6) is 0.766. The molecule has 0 fully saturated rings. The van der Waals surface area contributed by atoms with Crippen molar-refractivity contribution in [2.75, 3.05) is 0 Å². The summed E-state index contributed by atoms with van der Waals surface area (Å²) in [4.78, 5) is 10.5. The topological polar surface area (TPSA) is 25.8 Å². The van der Waals surface area contributed by atoms with Gasteiger partial charge in [0.05, 0.1) is 11.4 Å². The Bertz CT molecular complexity index is 1770. The van der Waals surface area contributed by atoms with E-state index in [1.807, 2.05) is 6.07 Å². The number of benzene rings is 5. The van der Waals surface area contributed by atoms with Gasteiger partial charge in [-0.25, -0.2) is 9.97 Å². The average Bonchev–Trinajstić information content (AvgIpc) is 3.20. The standard InChI is InChI=1S/C35H26N2/c1-35(2)29-22-21-25-13-9-10-16-28(25)30(29)31-32(26-14-7-4-8-15-26)36-34(37-33(31)35)27-19-17-24(18-20-27)23-11-5-3-6-12-23/h3-22H,1-2H3. The van der Waals surface area contributed by atoms with Gasteiger partial charge in [0.25, 0.3) is 0 Å². The lowest BCUT2D eigenvalue weighted by atomic mass is 9.84. The van der Waals surface area contributed by atoms with Crippen molar-refractivity contribution in [1.82, 2.24) is 9.97 Å². The van der Waals surface area contributed by atoms with E-state index >= 15 is 0 Å². The maximum absolute atomic E-state index is 5.28. The first-order chi connectivity index (χ1) is 18.1. The van der Waals surface area contributed by atoms with E-state index < -0.39 is 0 Å². The predicted molar refractivity (Wildman–Crippen MR) is 153 cm³/mol. The van der Waals surface area contributed by atoms with Crippen LogP contribution in [0.4, 0.5) is 0 Å². The predicted octanol–water partition coefficient (Wildman–Crippen LogP) is 8.94. The van der Waals surface area contributed by atoms with Gasteiger partial charge < -0.3 is 0 Å². The van der Waals surface area contributed by atoms with Gasteiger partial charge in [-0.15, -0.1) is 0 Å². The first-order valence-corrected chi connectivity index (χ1v) is 12.8. The highest BCUT2D eigenvalue weighted by atomic mass is 14.9. The minimum atomic E-state index is -0.236. The molecule has 7 rings (SSSR count). The van der Waals surface area contributed by atoms with Crippen molar-refractivity contribution in [2.24, 2.45) is 0 Å². The second-order valence-electron chi connectivity index (χ2n) is 10.3. The molecule has 0 N–H and O–H groups in total. The quantitative estimate of drug-likeness (QED) is 0.256. The highest BCUT2D eigenvalue weighted by Gasteiger charge is 2.40. The number of hydrogen-bond donors (Lipinski definition) is 0. The molecular weight excluding hydrogens is 448 g/mol. The minimum absolute atomic E-state index is 0.236. The lowest BCUT2D eigenvalue weighted by molar-refractivity contribution is 0.636. The van der Waals surface area contributed by atoms with Gasteiger partial charge >= 0.3 is 0 Å². The van der Waals surface area contributed by atoms with Crippen molar-refractivity contribution in [3.05, 3.63) is 133 Å². The second-order valence-corrected chi connectivity index (χ2v) is 10.3. The van der Waals surface area contributed by atoms with Gasteiger partial charge in [-0.05, 0) is 33.0 Å². The number of fused-ring (bicyclic) bond motifs is 5. The largest absolute Gasteiger partial charge is 0.231 e. The van der Waals surface area contributed by atoms with Crippen molar-refractivity contribution >= 4 is 10.8 Å². The summed E-state index contributed by atoms with van der Waals surface area (Å²) in [7, 11) is 0. The van der Waals surface area contributed by atoms with Crippen LogP contribution in [-0.2, 0) is 5.41 Å². The molecule has 1 aliphatic carbocycles. The number of nitrogens with zero attached hydrogens (tertiary/aromatic N) is 2. The molecule has 0 saturated carbocycles. The summed E-state index contributed by atoms with van der Waals surface area (Å²) in [5.41, 5.74) is 10.1. The maximum Gasteiger partial charge on any atom is 0.160 e. The van der Waals surface area contributed by atoms with E-state index in [4.69, 9.17) is 9.97 Å². The van der Waals surface area contributed by atoms with Gasteiger partial charge in [0.1, 0.15) is 0 Å². The number of hydrogen-bond acceptors (Lipinski definition) is 2. The van der Waals surface area contributed by atoms with E-state index in [0.717, 1.165) is 33.9 Å². The molecule has 0 spiro atoms. The molecule has 0 unspecified atom stereocenters. The SMILES string of the molecule is CC1(C)c2ccc3ccccc3c2-c2c(-c3ccccc3)nc(-c3ccc(-c4ccccc4)cc3)nc21. The van der Waals surface area contributed by atoms with Gasteiger partial charge in [-0.3, -0.25) is 0 Å². The normalized spacial score (nSPS) is 13.4. The molecule has 37 heavy (non-hydrogen) atoms. The lowest BCUT2D eigenvalue weighted by Gasteiger charge is -2.21. The highest BCUT2D eigenvalue weighted by molar-refractivity contribution is 6.05. The van der Waals surface area contributed by atoms with Gasteiger partial charge in [0.2, 0.25) is 0 Å². The molecule has 5 aromatic carbocycles. The summed E-state index contributed by atoms with van der Waals surface area (Å²) in [5, 5.41) is 2.50. The van der Waals surface area contributed by atoms with Crippen molar-refractivity contribution < 1.29 is 0 Å². The Kier molecular flexibility index (Phi) is 4.84. The van der Waals surface area contributed by atoms with E-state index in [0.29, 0.717) is 0 Å². The molecule has 0 bridgehead atoms. The Morgan fingerprint density at radius 1 is 0.486 bits per heavy atom. The zero-order valence-electron chi connectivity index (χ0n) is 20.9. The molecule has 0 saturated heterocycles. The summed E-state index contributed by atoms with van der Waals surface area (Å²) in [6.45, 7) is 4.58. The van der Waals surface area contributed by atoms with Crippen molar-refractivity contribution in [1.29, 1.82) is 0 Å². The second kappa shape index (κ2) is 8.25. The zero-order chi connectivity index (χ0) is 25.0. The van der Waals surface area contributed by atoms with Crippen LogP contribution in [0.15, 0.2) is 121 Å². The van der Waals surface area contributed by atoms with E-state index in [1.165, 1.54) is 33.0 Å². The van der Waals surface area contributed by atoms with Gasteiger partial charge in [0, 0.05) is 22.1 Å². The molecule has 2 nitrogen and oxygen atoms in total. The first kappa shape index (κ1) is 21.7. The van der Waals surface area contributed by atoms with E-state index in [-0.39, 0.29) is 5.41 Å². The Labute approximate surface area is 217 Å². The van der Waals surface area contributed by atoms with Crippen LogP contribution < -0.4 is 0 Å². The van der Waals surface area contributed by atoms with Crippen LogP contribution in [0.1, 0.15) is 25.1 Å². The zero-order valence-corrected chi connectivity index (χ0v) is 20.9. The molecule has 0 radical (unpaired) electrons. The fourth-order valence-electron chi connectivity index (χ4n) is 5.72. The Balaban J connectivity index is 1.48. The minimum Gasteiger partial charge on any atom is -0.231 e. The van der Waals surface area contributed by atoms with E-state index in [9.17, 15) is 0 Å². The highest BCUT2D eigenvalue weighted by Crippen LogP contribution is 2.53. The molecule has 0 aliphatic heterocycles. The Hall–Kier alpha value is -4.56. The third kappa shape index (κ3) is 3.41. The van der Waals surface area contributed by atoms with E-state index in [2.05, 4.69) is 129 Å². The van der Waals surface area contributed by atoms with Crippen molar-refractivity contribution in [2.45, 2.75) is 19.3 Å². The van der Waals surface area contributed by atoms with Crippen LogP contribution in [0.2, 0.25) is 0 Å². The molecule has 1 aliphatic rings. The Morgan fingerprint density at radius 2 is 1.08 bits per heavy atom. The number of rotatable bonds is 3. The molecule has 176 valence electrons. The summed E-state index contributed by atoms with van der Waals surface area (Å²) < 4.78 is 0. The molecule has 1 aromatic heterocycles. The molecule has 6 aromatic rings. The van der Waals surface area contributed by atoms with Crippen LogP contribution in [0, 0.1) is 0 Å². The fourth-order valence-corrected chi connectivity index (χ4v) is 5.72. The third-order valence-electron chi connectivity index (χ3n) is 7.65. The van der Waals surface area contributed by atoms with Gasteiger partial charge in [0.15, 0.2) is 5.82 Å². The lowest BCUT2D eigenvalue weighted by Crippen LogP contribution is -2.17. The van der Waals surface area contributed by atoms with Crippen LogP contribution in [0.5, 0.6) is 0 Å². The maximum atomic E-state index is 5.28. The van der Waals surface area contributed by atoms with Crippen LogP contribution >= 0.6 is 0 Å². The Morgan fingerprint density at radius 3 is 1.81 bits per heavy atom. The number of aromatic nitrogens is 2. The average molecular weight is 475 g/mol. The monoisotopic (exact) mass is 474 g/mol. The summed E-state index contributed by atoms with van der Waals surface area (Å²) >= 11 is 0. The molecule has 2 heteroatoms. The molecule has 1 heterocycles. The van der Waals surface area contributed by atoms with E-state index in [1.54, 1.807) is 0 Å². The van der Waals surface area contributed by atoms with Gasteiger partial charge in [-0.1, -0.05) is 135 Å². The first-order valence-electron chi connectivity index (χ1n) is 12.8.